The van der Waals surface area contributed by atoms with Crippen molar-refractivity contribution in [3.8, 4) is 12.8 Å². The molecule has 0 aliphatic heterocycles. The Balaban J connectivity index is -0.000000725. The molecule has 0 saturated carbocycles. The molecule has 3 heteroatoms. The highest BCUT2D eigenvalue weighted by atomic mass is 32.3. The molecule has 0 aliphatic carbocycles. The van der Waals surface area contributed by atoms with Crippen LogP contribution in [-0.2, 0) is 6.42 Å². The Morgan fingerprint density at radius 2 is 1.44 bits per heavy atom. The van der Waals surface area contributed by atoms with Crippen LogP contribution in [0.5, 0.6) is 0 Å². The SMILES string of the molecule is C#C.CC.CC.CCc1cccnc1N(C)S(CC)(C(C)C)C(C)C. The van der Waals surface area contributed by atoms with Crippen molar-refractivity contribution < 1.29 is 0 Å². The fourth-order valence-electron chi connectivity index (χ4n) is 3.19. The summed E-state index contributed by atoms with van der Waals surface area (Å²) in [7, 11) is 1.39. The Morgan fingerprint density at radius 1 is 1.00 bits per heavy atom. The Bertz CT molecular complexity index is 431. The summed E-state index contributed by atoms with van der Waals surface area (Å²) >= 11 is 0. The summed E-state index contributed by atoms with van der Waals surface area (Å²) in [6.45, 7) is 22.0. The van der Waals surface area contributed by atoms with Gasteiger partial charge < -0.3 is 4.31 Å². The summed E-state index contributed by atoms with van der Waals surface area (Å²) in [4.78, 5) is 4.67. The van der Waals surface area contributed by atoms with E-state index in [4.69, 9.17) is 0 Å². The van der Waals surface area contributed by atoms with Gasteiger partial charge in [-0.1, -0.05) is 75.3 Å². The molecular formula is C22H44N2S. The molecule has 1 rings (SSSR count). The maximum atomic E-state index is 4.67. The Morgan fingerprint density at radius 3 is 1.76 bits per heavy atom. The van der Waals surface area contributed by atoms with Crippen molar-refractivity contribution in [3.63, 3.8) is 0 Å². The van der Waals surface area contributed by atoms with E-state index in [2.05, 4.69) is 76.8 Å². The number of terminal acetylenes is 1. The van der Waals surface area contributed by atoms with Gasteiger partial charge in [-0.3, -0.25) is 0 Å². The summed E-state index contributed by atoms with van der Waals surface area (Å²) in [5.74, 6) is 2.41. The third kappa shape index (κ3) is 7.32. The fraction of sp³-hybridized carbons (Fsp3) is 0.682. The van der Waals surface area contributed by atoms with Gasteiger partial charge in [-0.25, -0.2) is 4.98 Å². The zero-order chi connectivity index (χ0) is 20.6. The van der Waals surface area contributed by atoms with Crippen LogP contribution in [0.1, 0.15) is 74.8 Å². The molecule has 2 nitrogen and oxygen atoms in total. The molecular weight excluding hydrogens is 324 g/mol. The molecule has 0 bridgehead atoms. The van der Waals surface area contributed by atoms with Crippen LogP contribution in [0.2, 0.25) is 0 Å². The first-order valence-corrected chi connectivity index (χ1v) is 11.6. The van der Waals surface area contributed by atoms with Crippen molar-refractivity contribution >= 4 is 16.0 Å². The number of rotatable bonds is 6. The molecule has 1 heterocycles. The Labute approximate surface area is 161 Å². The molecule has 0 atom stereocenters. The summed E-state index contributed by atoms with van der Waals surface area (Å²) in [5.41, 5.74) is 1.36. The molecule has 25 heavy (non-hydrogen) atoms. The molecule has 148 valence electrons. The van der Waals surface area contributed by atoms with Crippen molar-refractivity contribution in [2.75, 3.05) is 17.1 Å². The van der Waals surface area contributed by atoms with Gasteiger partial charge in [0.2, 0.25) is 0 Å². The second-order valence-electron chi connectivity index (χ2n) is 5.53. The van der Waals surface area contributed by atoms with Gasteiger partial charge in [0.15, 0.2) is 0 Å². The van der Waals surface area contributed by atoms with E-state index in [0.717, 1.165) is 6.42 Å². The standard InChI is InChI=1S/C16H30N2S.2C2H6.C2H2/c1-8-15-11-10-12-17-16(15)18(7)19(9-2,13(3)4)14(5)6;3*1-2/h10-14H,8-9H2,1-7H3;2*1-2H3;1-2H. The molecule has 0 amide bonds. The molecule has 0 saturated heterocycles. The number of nitrogens with zero attached hydrogens (tertiary/aromatic N) is 2. The van der Waals surface area contributed by atoms with Gasteiger partial charge in [-0.2, -0.15) is 10.2 Å². The van der Waals surface area contributed by atoms with E-state index in [1.165, 1.54) is 17.1 Å². The van der Waals surface area contributed by atoms with Crippen LogP contribution >= 0.6 is 10.2 Å². The predicted molar refractivity (Wildman–Crippen MR) is 123 cm³/mol. The van der Waals surface area contributed by atoms with Crippen LogP contribution in [0.15, 0.2) is 18.3 Å². The normalized spacial score (nSPS) is 10.5. The van der Waals surface area contributed by atoms with E-state index in [1.54, 1.807) is 0 Å². The predicted octanol–water partition coefficient (Wildman–Crippen LogP) is 6.94. The van der Waals surface area contributed by atoms with Crippen LogP contribution in [-0.4, -0.2) is 28.3 Å². The lowest BCUT2D eigenvalue weighted by Crippen LogP contribution is -2.38. The van der Waals surface area contributed by atoms with Gasteiger partial charge in [0, 0.05) is 13.2 Å². The van der Waals surface area contributed by atoms with E-state index in [9.17, 15) is 0 Å². The highest BCUT2D eigenvalue weighted by Crippen LogP contribution is 2.59. The highest BCUT2D eigenvalue weighted by molar-refractivity contribution is 8.35. The van der Waals surface area contributed by atoms with Gasteiger partial charge in [-0.15, -0.1) is 12.8 Å². The van der Waals surface area contributed by atoms with Crippen LogP contribution < -0.4 is 4.31 Å². The van der Waals surface area contributed by atoms with E-state index in [-0.39, 0.29) is 0 Å². The topological polar surface area (TPSA) is 16.1 Å². The summed E-state index contributed by atoms with van der Waals surface area (Å²) < 4.78 is 2.52. The molecule has 0 N–H and O–H groups in total. The van der Waals surface area contributed by atoms with Crippen LogP contribution in [0.3, 0.4) is 0 Å². The zero-order valence-electron chi connectivity index (χ0n) is 18.8. The average molecular weight is 369 g/mol. The lowest BCUT2D eigenvalue weighted by molar-refractivity contribution is 0.967. The first-order valence-electron chi connectivity index (χ1n) is 9.71. The second kappa shape index (κ2) is 16.3. The molecule has 0 spiro atoms. The maximum absolute atomic E-state index is 4.67. The fourth-order valence-corrected chi connectivity index (χ4v) is 7.75. The minimum absolute atomic E-state index is 0.675. The maximum Gasteiger partial charge on any atom is 0.140 e. The minimum atomic E-state index is -0.861. The van der Waals surface area contributed by atoms with Crippen molar-refractivity contribution in [1.82, 2.24) is 4.98 Å². The third-order valence-corrected chi connectivity index (χ3v) is 9.53. The number of aryl methyl sites for hydroxylation is 1. The van der Waals surface area contributed by atoms with E-state index in [0.29, 0.717) is 10.5 Å². The van der Waals surface area contributed by atoms with Crippen molar-refractivity contribution in [2.45, 2.75) is 86.2 Å². The average Bonchev–Trinajstić information content (AvgIpc) is 2.66. The smallest absolute Gasteiger partial charge is 0.140 e. The number of hydrogen-bond acceptors (Lipinski definition) is 2. The van der Waals surface area contributed by atoms with Gasteiger partial charge in [0.25, 0.3) is 0 Å². The van der Waals surface area contributed by atoms with Gasteiger partial charge in [-0.05, 0) is 34.3 Å². The summed E-state index contributed by atoms with van der Waals surface area (Å²) in [5, 5.41) is 1.35. The van der Waals surface area contributed by atoms with Gasteiger partial charge in [0.1, 0.15) is 5.82 Å². The van der Waals surface area contributed by atoms with Gasteiger partial charge in [0.05, 0.1) is 0 Å². The Kier molecular flexibility index (Phi) is 18.7. The lowest BCUT2D eigenvalue weighted by atomic mass is 10.2. The Hall–Kier alpha value is -1.14. The zero-order valence-corrected chi connectivity index (χ0v) is 19.6. The molecule has 1 aromatic rings. The van der Waals surface area contributed by atoms with Crippen LogP contribution in [0.25, 0.3) is 0 Å². The minimum Gasteiger partial charge on any atom is -0.321 e. The second-order valence-corrected chi connectivity index (χ2v) is 10.2. The van der Waals surface area contributed by atoms with E-state index in [1.807, 2.05) is 40.0 Å². The van der Waals surface area contributed by atoms with E-state index < -0.39 is 10.2 Å². The molecule has 0 radical (unpaired) electrons. The molecule has 0 aliphatic rings. The number of aromatic nitrogens is 1. The van der Waals surface area contributed by atoms with Crippen molar-refractivity contribution in [3.05, 3.63) is 23.9 Å². The largest absolute Gasteiger partial charge is 0.321 e. The summed E-state index contributed by atoms with van der Waals surface area (Å²) in [6.07, 6.45) is 11.0. The monoisotopic (exact) mass is 368 g/mol. The number of pyridine rings is 1. The highest BCUT2D eigenvalue weighted by Gasteiger charge is 2.35. The first kappa shape index (κ1) is 28.7. The van der Waals surface area contributed by atoms with Crippen LogP contribution in [0, 0.1) is 12.8 Å². The first-order chi connectivity index (χ1) is 11.9. The summed E-state index contributed by atoms with van der Waals surface area (Å²) in [6, 6.07) is 4.25. The number of anilines is 1. The van der Waals surface area contributed by atoms with Gasteiger partial charge >= 0.3 is 0 Å². The van der Waals surface area contributed by atoms with Crippen molar-refractivity contribution in [1.29, 1.82) is 0 Å². The number of hydrogen-bond donors (Lipinski definition) is 0. The van der Waals surface area contributed by atoms with Crippen molar-refractivity contribution in [2.24, 2.45) is 0 Å². The quantitative estimate of drug-likeness (QED) is 0.506. The van der Waals surface area contributed by atoms with E-state index >= 15 is 0 Å². The molecule has 1 aromatic heterocycles. The third-order valence-electron chi connectivity index (χ3n) is 4.15. The molecule has 0 fully saturated rings. The lowest BCUT2D eigenvalue weighted by Gasteiger charge is -2.54. The molecule has 0 aromatic carbocycles. The molecule has 0 unspecified atom stereocenters. The van der Waals surface area contributed by atoms with Crippen LogP contribution in [0.4, 0.5) is 5.82 Å².